The first-order valence-electron chi connectivity index (χ1n) is 7.00. The van der Waals surface area contributed by atoms with Gasteiger partial charge in [0.25, 0.3) is 5.91 Å². The average Bonchev–Trinajstić information content (AvgIpc) is 2.99. The van der Waals surface area contributed by atoms with E-state index in [0.717, 1.165) is 22.9 Å². The Labute approximate surface area is 128 Å². The molecule has 2 rings (SSSR count). The molecule has 0 aliphatic carbocycles. The number of aromatic nitrogens is 2. The topological polar surface area (TPSA) is 66.9 Å². The zero-order valence-corrected chi connectivity index (χ0v) is 13.3. The van der Waals surface area contributed by atoms with Crippen molar-refractivity contribution in [2.75, 3.05) is 18.4 Å². The SMILES string of the molecule is CCNc1cc(C)ncc1C(=O)NCC(C)c1nccs1. The Kier molecular flexibility index (Phi) is 5.27. The molecule has 21 heavy (non-hydrogen) atoms. The molecule has 0 bridgehead atoms. The lowest BCUT2D eigenvalue weighted by Crippen LogP contribution is -2.28. The molecule has 5 nitrogen and oxygen atoms in total. The van der Waals surface area contributed by atoms with E-state index in [9.17, 15) is 4.79 Å². The zero-order valence-electron chi connectivity index (χ0n) is 12.5. The predicted octanol–water partition coefficient (Wildman–Crippen LogP) is 2.81. The van der Waals surface area contributed by atoms with Gasteiger partial charge in [0.1, 0.15) is 0 Å². The van der Waals surface area contributed by atoms with Gasteiger partial charge in [-0.3, -0.25) is 9.78 Å². The standard InChI is InChI=1S/C15H20N4OS/c1-4-16-13-7-11(3)18-9-12(13)14(20)19-8-10(2)15-17-5-6-21-15/h5-7,9-10H,4,8H2,1-3H3,(H,16,18)(H,19,20). The molecule has 2 heterocycles. The summed E-state index contributed by atoms with van der Waals surface area (Å²) >= 11 is 1.60. The van der Waals surface area contributed by atoms with Crippen molar-refractivity contribution in [3.63, 3.8) is 0 Å². The Morgan fingerprint density at radius 1 is 1.43 bits per heavy atom. The largest absolute Gasteiger partial charge is 0.385 e. The first-order valence-corrected chi connectivity index (χ1v) is 7.88. The quantitative estimate of drug-likeness (QED) is 0.861. The van der Waals surface area contributed by atoms with Crippen LogP contribution in [0.3, 0.4) is 0 Å². The van der Waals surface area contributed by atoms with E-state index in [1.54, 1.807) is 23.7 Å². The minimum atomic E-state index is -0.109. The highest BCUT2D eigenvalue weighted by molar-refractivity contribution is 7.09. The number of nitrogens with one attached hydrogen (secondary N) is 2. The molecule has 6 heteroatoms. The van der Waals surface area contributed by atoms with Crippen LogP contribution in [0.15, 0.2) is 23.8 Å². The van der Waals surface area contributed by atoms with E-state index in [-0.39, 0.29) is 11.8 Å². The van der Waals surface area contributed by atoms with Crippen LogP contribution in [-0.2, 0) is 0 Å². The van der Waals surface area contributed by atoms with Crippen molar-refractivity contribution >= 4 is 22.9 Å². The van der Waals surface area contributed by atoms with Crippen LogP contribution in [0.25, 0.3) is 0 Å². The molecule has 112 valence electrons. The van der Waals surface area contributed by atoms with Crippen molar-refractivity contribution in [3.05, 3.63) is 40.1 Å². The molecular formula is C15H20N4OS. The van der Waals surface area contributed by atoms with Gasteiger partial charge in [-0.1, -0.05) is 6.92 Å². The van der Waals surface area contributed by atoms with Gasteiger partial charge in [-0.25, -0.2) is 4.98 Å². The fraction of sp³-hybridized carbons (Fsp3) is 0.400. The molecule has 1 amide bonds. The molecule has 0 radical (unpaired) electrons. The van der Waals surface area contributed by atoms with E-state index in [0.29, 0.717) is 12.1 Å². The molecular weight excluding hydrogens is 284 g/mol. The number of pyridine rings is 1. The molecule has 0 aromatic carbocycles. The summed E-state index contributed by atoms with van der Waals surface area (Å²) in [6, 6.07) is 1.89. The van der Waals surface area contributed by atoms with Crippen molar-refractivity contribution < 1.29 is 4.79 Å². The molecule has 0 aliphatic rings. The number of amides is 1. The summed E-state index contributed by atoms with van der Waals surface area (Å²) in [5.74, 6) is 0.0943. The van der Waals surface area contributed by atoms with Gasteiger partial charge in [0.15, 0.2) is 0 Å². The molecule has 2 aromatic rings. The van der Waals surface area contributed by atoms with Crippen molar-refractivity contribution in [2.24, 2.45) is 0 Å². The number of anilines is 1. The van der Waals surface area contributed by atoms with Crippen molar-refractivity contribution in [2.45, 2.75) is 26.7 Å². The fourth-order valence-electron chi connectivity index (χ4n) is 1.98. The first kappa shape index (κ1) is 15.4. The summed E-state index contributed by atoms with van der Waals surface area (Å²) in [5.41, 5.74) is 2.29. The average molecular weight is 304 g/mol. The van der Waals surface area contributed by atoms with E-state index in [1.165, 1.54) is 0 Å². The third-order valence-electron chi connectivity index (χ3n) is 3.09. The summed E-state index contributed by atoms with van der Waals surface area (Å²) in [6.45, 7) is 7.29. The highest BCUT2D eigenvalue weighted by Crippen LogP contribution is 2.18. The van der Waals surface area contributed by atoms with E-state index >= 15 is 0 Å². The number of rotatable bonds is 6. The summed E-state index contributed by atoms with van der Waals surface area (Å²) in [7, 11) is 0. The molecule has 0 aliphatic heterocycles. The number of carbonyl (C=O) groups is 1. The van der Waals surface area contributed by atoms with Gasteiger partial charge in [0.05, 0.1) is 16.3 Å². The third kappa shape index (κ3) is 4.01. The molecule has 1 atom stereocenters. The van der Waals surface area contributed by atoms with Gasteiger partial charge in [-0.05, 0) is 19.9 Å². The van der Waals surface area contributed by atoms with Gasteiger partial charge in [-0.15, -0.1) is 11.3 Å². The maximum atomic E-state index is 12.3. The zero-order chi connectivity index (χ0) is 15.2. The predicted molar refractivity (Wildman–Crippen MR) is 86.0 cm³/mol. The highest BCUT2D eigenvalue weighted by Gasteiger charge is 2.14. The van der Waals surface area contributed by atoms with Gasteiger partial charge < -0.3 is 10.6 Å². The molecule has 0 spiro atoms. The Hall–Kier alpha value is -1.95. The van der Waals surface area contributed by atoms with E-state index in [4.69, 9.17) is 0 Å². The second-order valence-corrected chi connectivity index (χ2v) is 5.81. The summed E-state index contributed by atoms with van der Waals surface area (Å²) in [6.07, 6.45) is 3.40. The van der Waals surface area contributed by atoms with Crippen molar-refractivity contribution in [1.29, 1.82) is 0 Å². The lowest BCUT2D eigenvalue weighted by Gasteiger charge is -2.13. The Morgan fingerprint density at radius 2 is 2.24 bits per heavy atom. The number of thiazole rings is 1. The van der Waals surface area contributed by atoms with Crippen LogP contribution < -0.4 is 10.6 Å². The monoisotopic (exact) mass is 304 g/mol. The molecule has 0 fully saturated rings. The van der Waals surface area contributed by atoms with Gasteiger partial charge in [-0.2, -0.15) is 0 Å². The van der Waals surface area contributed by atoms with Gasteiger partial charge in [0.2, 0.25) is 0 Å². The second-order valence-electron chi connectivity index (χ2n) is 4.88. The lowest BCUT2D eigenvalue weighted by molar-refractivity contribution is 0.0952. The minimum absolute atomic E-state index is 0.109. The van der Waals surface area contributed by atoms with E-state index < -0.39 is 0 Å². The summed E-state index contributed by atoms with van der Waals surface area (Å²) in [5, 5.41) is 9.13. The molecule has 2 aromatic heterocycles. The van der Waals surface area contributed by atoms with Gasteiger partial charge in [0, 0.05) is 42.5 Å². The van der Waals surface area contributed by atoms with Crippen molar-refractivity contribution in [3.8, 4) is 0 Å². The minimum Gasteiger partial charge on any atom is -0.385 e. The normalized spacial score (nSPS) is 12.0. The van der Waals surface area contributed by atoms with E-state index in [2.05, 4.69) is 27.5 Å². The van der Waals surface area contributed by atoms with Gasteiger partial charge >= 0.3 is 0 Å². The van der Waals surface area contributed by atoms with Crippen LogP contribution in [0, 0.1) is 6.92 Å². The number of hydrogen-bond acceptors (Lipinski definition) is 5. The smallest absolute Gasteiger partial charge is 0.254 e. The van der Waals surface area contributed by atoms with Crippen LogP contribution in [-0.4, -0.2) is 29.0 Å². The Bertz CT molecular complexity index is 598. The maximum absolute atomic E-state index is 12.3. The molecule has 2 N–H and O–H groups in total. The second kappa shape index (κ2) is 7.17. The molecule has 1 unspecified atom stereocenters. The Balaban J connectivity index is 2.03. The number of carbonyl (C=O) groups excluding carboxylic acids is 1. The molecule has 0 saturated heterocycles. The maximum Gasteiger partial charge on any atom is 0.254 e. The van der Waals surface area contributed by atoms with E-state index in [1.807, 2.05) is 25.3 Å². The number of nitrogens with zero attached hydrogens (tertiary/aromatic N) is 2. The fourth-order valence-corrected chi connectivity index (χ4v) is 2.68. The van der Waals surface area contributed by atoms with Crippen molar-refractivity contribution in [1.82, 2.24) is 15.3 Å². The number of hydrogen-bond donors (Lipinski definition) is 2. The summed E-state index contributed by atoms with van der Waals surface area (Å²) < 4.78 is 0. The number of aryl methyl sites for hydroxylation is 1. The summed E-state index contributed by atoms with van der Waals surface area (Å²) in [4.78, 5) is 20.8. The van der Waals surface area contributed by atoms with Crippen LogP contribution in [0.5, 0.6) is 0 Å². The first-order chi connectivity index (χ1) is 10.1. The van der Waals surface area contributed by atoms with Crippen LogP contribution >= 0.6 is 11.3 Å². The highest BCUT2D eigenvalue weighted by atomic mass is 32.1. The van der Waals surface area contributed by atoms with Crippen LogP contribution in [0.2, 0.25) is 0 Å². The third-order valence-corrected chi connectivity index (χ3v) is 4.10. The lowest BCUT2D eigenvalue weighted by atomic mass is 10.1. The Morgan fingerprint density at radius 3 is 2.90 bits per heavy atom. The van der Waals surface area contributed by atoms with Crippen LogP contribution in [0.1, 0.15) is 40.8 Å². The van der Waals surface area contributed by atoms with Crippen LogP contribution in [0.4, 0.5) is 5.69 Å². The molecule has 0 saturated carbocycles.